The van der Waals surface area contributed by atoms with Crippen molar-refractivity contribution in [3.63, 3.8) is 0 Å². The molecule has 0 saturated heterocycles. The zero-order valence-corrected chi connectivity index (χ0v) is 22.2. The van der Waals surface area contributed by atoms with Crippen LogP contribution in [-0.2, 0) is 9.59 Å². The monoisotopic (exact) mass is 576 g/mol. The minimum Gasteiger partial charge on any atom is -0.733 e. The molecule has 5 rings (SSSR count). The summed E-state index contributed by atoms with van der Waals surface area (Å²) < 4.78 is 5.17. The first-order valence-corrected chi connectivity index (χ1v) is 12.8. The van der Waals surface area contributed by atoms with E-state index in [1.54, 1.807) is 60.0 Å². The average Bonchev–Trinajstić information content (AvgIpc) is 3.51. The number of halogens is 1. The number of anilines is 4. The highest BCUT2D eigenvalue weighted by molar-refractivity contribution is 7.14. The van der Waals surface area contributed by atoms with Gasteiger partial charge in [-0.3, -0.25) is 24.9 Å². The number of aromatic nitrogens is 1. The maximum atomic E-state index is 13.1. The molecule has 202 valence electrons. The Labute approximate surface area is 236 Å². The van der Waals surface area contributed by atoms with Gasteiger partial charge in [-0.05, 0) is 42.5 Å². The van der Waals surface area contributed by atoms with Crippen LogP contribution in [-0.4, -0.2) is 35.0 Å². The minimum absolute atomic E-state index is 0.0460. The summed E-state index contributed by atoms with van der Waals surface area (Å²) in [7, 11) is 1.47. The van der Waals surface area contributed by atoms with Gasteiger partial charge < -0.3 is 20.5 Å². The van der Waals surface area contributed by atoms with Crippen LogP contribution in [0.2, 0.25) is 0 Å². The SMILES string of the molecule is COc1cccc(N2C(=O)C(Cl)=C(Nc3cccc(C(=O)Nc4nc(-c5cccc(N([O-])O)c5)cs4)c3)C2=O)c1. The van der Waals surface area contributed by atoms with E-state index in [0.29, 0.717) is 33.5 Å². The number of rotatable bonds is 8. The Morgan fingerprint density at radius 3 is 2.62 bits per heavy atom. The Balaban J connectivity index is 1.30. The normalized spacial score (nSPS) is 13.1. The van der Waals surface area contributed by atoms with Crippen molar-refractivity contribution in [3.05, 3.63) is 99.7 Å². The lowest BCUT2D eigenvalue weighted by Crippen LogP contribution is -2.32. The third-order valence-electron chi connectivity index (χ3n) is 5.82. The van der Waals surface area contributed by atoms with Gasteiger partial charge in [-0.2, -0.15) is 0 Å². The summed E-state index contributed by atoms with van der Waals surface area (Å²) in [5.41, 5.74) is 1.92. The fraction of sp³-hybridized carbons (Fsp3) is 0.0370. The molecule has 4 aromatic rings. The van der Waals surface area contributed by atoms with Gasteiger partial charge in [0.25, 0.3) is 17.7 Å². The molecule has 0 bridgehead atoms. The van der Waals surface area contributed by atoms with Crippen molar-refractivity contribution in [1.82, 2.24) is 4.98 Å². The largest absolute Gasteiger partial charge is 0.733 e. The molecule has 1 aliphatic rings. The third-order valence-corrected chi connectivity index (χ3v) is 6.93. The molecule has 0 aliphatic carbocycles. The van der Waals surface area contributed by atoms with Crippen LogP contribution in [0.1, 0.15) is 10.4 Å². The number of imide groups is 1. The molecular weight excluding hydrogens is 558 g/mol. The van der Waals surface area contributed by atoms with Crippen molar-refractivity contribution >= 4 is 62.9 Å². The molecule has 40 heavy (non-hydrogen) atoms. The first-order valence-electron chi connectivity index (χ1n) is 11.6. The van der Waals surface area contributed by atoms with Crippen molar-refractivity contribution < 1.29 is 24.3 Å². The number of nitrogens with zero attached hydrogens (tertiary/aromatic N) is 3. The summed E-state index contributed by atoms with van der Waals surface area (Å²) in [4.78, 5) is 44.1. The highest BCUT2D eigenvalue weighted by Gasteiger charge is 2.39. The van der Waals surface area contributed by atoms with Crippen molar-refractivity contribution in [2.45, 2.75) is 0 Å². The van der Waals surface area contributed by atoms with Crippen LogP contribution in [0, 0.1) is 5.21 Å². The fourth-order valence-corrected chi connectivity index (χ4v) is 4.82. The van der Waals surface area contributed by atoms with E-state index >= 15 is 0 Å². The maximum Gasteiger partial charge on any atom is 0.283 e. The number of ether oxygens (including phenoxy) is 1. The number of benzene rings is 3. The average molecular weight is 577 g/mol. The number of carbonyl (C=O) groups is 3. The number of hydrogen-bond donors (Lipinski definition) is 3. The quantitative estimate of drug-likeness (QED) is 0.190. The topological polar surface area (TPSA) is 147 Å². The second-order valence-electron chi connectivity index (χ2n) is 8.36. The summed E-state index contributed by atoms with van der Waals surface area (Å²) in [6.45, 7) is 0. The van der Waals surface area contributed by atoms with Gasteiger partial charge >= 0.3 is 0 Å². The van der Waals surface area contributed by atoms with Gasteiger partial charge in [0.05, 0.1) is 24.2 Å². The van der Waals surface area contributed by atoms with E-state index in [9.17, 15) is 19.6 Å². The second-order valence-corrected chi connectivity index (χ2v) is 9.59. The van der Waals surface area contributed by atoms with Gasteiger partial charge in [-0.1, -0.05) is 35.9 Å². The van der Waals surface area contributed by atoms with E-state index in [0.717, 1.165) is 4.90 Å². The van der Waals surface area contributed by atoms with Crippen molar-refractivity contribution in [2.24, 2.45) is 0 Å². The zero-order chi connectivity index (χ0) is 28.4. The van der Waals surface area contributed by atoms with Gasteiger partial charge in [-0.15, -0.1) is 11.3 Å². The van der Waals surface area contributed by atoms with Gasteiger partial charge in [0.2, 0.25) is 0 Å². The Morgan fingerprint density at radius 2 is 1.85 bits per heavy atom. The molecule has 0 atom stereocenters. The third kappa shape index (κ3) is 5.37. The zero-order valence-electron chi connectivity index (χ0n) is 20.6. The highest BCUT2D eigenvalue weighted by atomic mass is 35.5. The van der Waals surface area contributed by atoms with Crippen LogP contribution in [0.4, 0.5) is 22.2 Å². The van der Waals surface area contributed by atoms with Gasteiger partial charge in [0.15, 0.2) is 5.13 Å². The van der Waals surface area contributed by atoms with Gasteiger partial charge in [-0.25, -0.2) is 9.88 Å². The molecule has 0 unspecified atom stereocenters. The maximum absolute atomic E-state index is 13.1. The van der Waals surface area contributed by atoms with Gasteiger partial charge in [0.1, 0.15) is 16.5 Å². The Kier molecular flexibility index (Phi) is 7.49. The van der Waals surface area contributed by atoms with Crippen LogP contribution >= 0.6 is 22.9 Å². The number of carbonyl (C=O) groups excluding carboxylic acids is 3. The fourth-order valence-electron chi connectivity index (χ4n) is 3.90. The lowest BCUT2D eigenvalue weighted by Gasteiger charge is -2.21. The molecule has 0 radical (unpaired) electrons. The van der Waals surface area contributed by atoms with E-state index in [-0.39, 0.29) is 27.2 Å². The smallest absolute Gasteiger partial charge is 0.283 e. The Hall–Kier alpha value is -4.75. The van der Waals surface area contributed by atoms with Crippen molar-refractivity contribution in [2.75, 3.05) is 27.9 Å². The number of amides is 3. The summed E-state index contributed by atoms with van der Waals surface area (Å²) in [5, 5.41) is 27.3. The predicted octanol–water partition coefficient (Wildman–Crippen LogP) is 5.20. The van der Waals surface area contributed by atoms with Crippen LogP contribution in [0.25, 0.3) is 11.3 Å². The van der Waals surface area contributed by atoms with Crippen LogP contribution in [0.15, 0.2) is 88.9 Å². The lowest BCUT2D eigenvalue weighted by molar-refractivity contribution is -0.120. The van der Waals surface area contributed by atoms with Crippen LogP contribution in [0.3, 0.4) is 0 Å². The molecule has 3 aromatic carbocycles. The van der Waals surface area contributed by atoms with Crippen molar-refractivity contribution in [1.29, 1.82) is 0 Å². The van der Waals surface area contributed by atoms with E-state index in [2.05, 4.69) is 15.6 Å². The molecule has 13 heteroatoms. The predicted molar refractivity (Wildman–Crippen MR) is 152 cm³/mol. The lowest BCUT2D eigenvalue weighted by atomic mass is 10.1. The molecule has 3 amide bonds. The Bertz CT molecular complexity index is 1670. The summed E-state index contributed by atoms with van der Waals surface area (Å²) in [6, 6.07) is 19.0. The molecule has 0 saturated carbocycles. The number of thiazole rings is 1. The summed E-state index contributed by atoms with van der Waals surface area (Å²) in [6.07, 6.45) is 0. The highest BCUT2D eigenvalue weighted by Crippen LogP contribution is 2.32. The first-order chi connectivity index (χ1) is 19.2. The molecule has 0 fully saturated rings. The summed E-state index contributed by atoms with van der Waals surface area (Å²) >= 11 is 7.41. The van der Waals surface area contributed by atoms with E-state index in [1.165, 1.54) is 36.6 Å². The summed E-state index contributed by atoms with van der Waals surface area (Å²) in [5.74, 6) is -1.34. The van der Waals surface area contributed by atoms with Crippen molar-refractivity contribution in [3.8, 4) is 17.0 Å². The molecule has 11 nitrogen and oxygen atoms in total. The molecule has 2 heterocycles. The second kappa shape index (κ2) is 11.2. The molecule has 3 N–H and O–H groups in total. The van der Waals surface area contributed by atoms with E-state index in [4.69, 9.17) is 21.5 Å². The van der Waals surface area contributed by atoms with Crippen LogP contribution < -0.4 is 25.5 Å². The minimum atomic E-state index is -0.691. The number of nitrogens with one attached hydrogen (secondary N) is 2. The standard InChI is InChI=1S/C27H19ClN5O6S/c1-39-20-10-4-8-18(13-20)32-25(35)22(28)23(26(32)36)29-17-7-2-6-16(11-17)24(34)31-27-30-21(14-40-27)15-5-3-9-19(12-15)33(37)38/h2-14,29,37H,1H3,(H,30,31,34)/q-1. The number of hydrogen-bond acceptors (Lipinski definition) is 10. The number of methoxy groups -OCH3 is 1. The van der Waals surface area contributed by atoms with E-state index in [1.807, 2.05) is 0 Å². The van der Waals surface area contributed by atoms with Gasteiger partial charge in [0, 0.05) is 28.3 Å². The van der Waals surface area contributed by atoms with E-state index < -0.39 is 17.7 Å². The van der Waals surface area contributed by atoms with Crippen LogP contribution in [0.5, 0.6) is 5.75 Å². The first kappa shape index (κ1) is 26.8. The molecular formula is C27H19ClN5O6S-. The molecule has 0 spiro atoms. The molecule has 1 aromatic heterocycles. The Morgan fingerprint density at radius 1 is 1.07 bits per heavy atom. The molecule has 1 aliphatic heterocycles.